The number of benzene rings is 2. The summed E-state index contributed by atoms with van der Waals surface area (Å²) in [5.74, 6) is 0.973. The predicted molar refractivity (Wildman–Crippen MR) is 50.3 cm³/mol. The second-order valence-electron chi connectivity index (χ2n) is 2.61. The molecule has 0 amide bonds. The molecule has 0 fully saturated rings. The van der Waals surface area contributed by atoms with Crippen molar-refractivity contribution in [2.75, 3.05) is 0 Å². The van der Waals surface area contributed by atoms with Crippen LogP contribution in [0.15, 0.2) is 42.5 Å². The second kappa shape index (κ2) is 3.43. The monoisotopic (exact) mass is 351 g/mol. The predicted octanol–water partition coefficient (Wildman–Crippen LogP) is 2.30. The van der Waals surface area contributed by atoms with Crippen LogP contribution in [-0.4, -0.2) is 26.2 Å². The summed E-state index contributed by atoms with van der Waals surface area (Å²) in [5, 5.41) is 2.51. The van der Waals surface area contributed by atoms with Crippen LogP contribution < -0.4 is 2.69 Å². The Morgan fingerprint density at radius 1 is 0.917 bits per heavy atom. The van der Waals surface area contributed by atoms with E-state index >= 15 is 0 Å². The van der Waals surface area contributed by atoms with E-state index in [-0.39, 0.29) is 0 Å². The Balaban J connectivity index is 2.67. The SMILES string of the molecule is [Pb][O]c1ccc2ccccc2c1. The van der Waals surface area contributed by atoms with Gasteiger partial charge in [-0.3, -0.25) is 0 Å². The summed E-state index contributed by atoms with van der Waals surface area (Å²) < 4.78 is 5.26. The molecule has 3 radical (unpaired) electrons. The van der Waals surface area contributed by atoms with Crippen LogP contribution in [-0.2, 0) is 0 Å². The molecular weight excluding hydrogens is 343 g/mol. The van der Waals surface area contributed by atoms with Crippen LogP contribution in [0.1, 0.15) is 0 Å². The first-order valence-electron chi connectivity index (χ1n) is 3.72. The van der Waals surface area contributed by atoms with Gasteiger partial charge in [-0.05, 0) is 0 Å². The maximum atomic E-state index is 5.26. The van der Waals surface area contributed by atoms with Gasteiger partial charge in [0.2, 0.25) is 0 Å². The quantitative estimate of drug-likeness (QED) is 0.717. The van der Waals surface area contributed by atoms with Gasteiger partial charge in [-0.1, -0.05) is 0 Å². The molecule has 0 unspecified atom stereocenters. The van der Waals surface area contributed by atoms with E-state index in [4.69, 9.17) is 2.69 Å². The number of fused-ring (bicyclic) bond motifs is 1. The molecule has 1 nitrogen and oxygen atoms in total. The van der Waals surface area contributed by atoms with Crippen molar-refractivity contribution in [2.45, 2.75) is 0 Å². The van der Waals surface area contributed by atoms with Gasteiger partial charge >= 0.3 is 87.9 Å². The first kappa shape index (κ1) is 8.04. The zero-order valence-corrected chi connectivity index (χ0v) is 10.3. The Morgan fingerprint density at radius 2 is 1.67 bits per heavy atom. The van der Waals surface area contributed by atoms with E-state index in [0.717, 1.165) is 32.0 Å². The van der Waals surface area contributed by atoms with Gasteiger partial charge < -0.3 is 0 Å². The van der Waals surface area contributed by atoms with E-state index in [0.29, 0.717) is 0 Å². The third kappa shape index (κ3) is 1.46. The molecule has 0 aliphatic rings. The van der Waals surface area contributed by atoms with Crippen LogP contribution in [0.2, 0.25) is 0 Å². The number of hydrogen-bond donors (Lipinski definition) is 0. The summed E-state index contributed by atoms with van der Waals surface area (Å²) in [5.41, 5.74) is 0. The average Bonchev–Trinajstić information content (AvgIpc) is 2.17. The molecule has 0 bridgehead atoms. The van der Waals surface area contributed by atoms with Crippen molar-refractivity contribution < 1.29 is 2.69 Å². The second-order valence-corrected chi connectivity index (χ2v) is 3.40. The van der Waals surface area contributed by atoms with Crippen molar-refractivity contribution in [1.82, 2.24) is 0 Å². The molecule has 0 aliphatic carbocycles. The van der Waals surface area contributed by atoms with Crippen molar-refractivity contribution in [3.05, 3.63) is 42.5 Å². The molecule has 0 atom stereocenters. The minimum absolute atomic E-state index is 0.752. The van der Waals surface area contributed by atoms with Gasteiger partial charge in [0.1, 0.15) is 0 Å². The average molecular weight is 350 g/mol. The molecule has 57 valence electrons. The van der Waals surface area contributed by atoms with Crippen LogP contribution in [0.25, 0.3) is 10.8 Å². The summed E-state index contributed by atoms with van der Waals surface area (Å²) in [4.78, 5) is 0. The van der Waals surface area contributed by atoms with Crippen molar-refractivity contribution in [2.24, 2.45) is 0 Å². The normalized spacial score (nSPS) is 10.1. The van der Waals surface area contributed by atoms with Gasteiger partial charge in [0.25, 0.3) is 0 Å². The fraction of sp³-hybridized carbons (Fsp3) is 0. The molecule has 0 aliphatic heterocycles. The van der Waals surface area contributed by atoms with Gasteiger partial charge in [0, 0.05) is 0 Å². The molecule has 0 aromatic heterocycles. The van der Waals surface area contributed by atoms with E-state index in [2.05, 4.69) is 24.3 Å². The maximum absolute atomic E-state index is 5.26. The Kier molecular flexibility index (Phi) is 2.30. The molecular formula is C10H7OPb. The molecule has 2 aromatic rings. The van der Waals surface area contributed by atoms with Gasteiger partial charge in [-0.15, -0.1) is 0 Å². The Labute approximate surface area is 87.7 Å². The molecule has 0 N–H and O–H groups in total. The Hall–Kier alpha value is -0.578. The van der Waals surface area contributed by atoms with E-state index in [1.54, 1.807) is 0 Å². The standard InChI is InChI=1S/C10H8O.Pb/c11-10-6-5-8-3-1-2-4-9(8)7-10;/h1-7,11H;/q;+1/p-1. The van der Waals surface area contributed by atoms with Crippen molar-refractivity contribution in [3.8, 4) is 5.75 Å². The fourth-order valence-electron chi connectivity index (χ4n) is 1.23. The summed E-state index contributed by atoms with van der Waals surface area (Å²) >= 11 is 0.752. The fourth-order valence-corrected chi connectivity index (χ4v) is 1.72. The van der Waals surface area contributed by atoms with Gasteiger partial charge in [-0.25, -0.2) is 0 Å². The first-order valence-corrected chi connectivity index (χ1v) is 5.31. The summed E-state index contributed by atoms with van der Waals surface area (Å²) in [6.45, 7) is 0. The van der Waals surface area contributed by atoms with Crippen LogP contribution in [0.3, 0.4) is 0 Å². The summed E-state index contributed by atoms with van der Waals surface area (Å²) in [7, 11) is 0. The van der Waals surface area contributed by atoms with Crippen molar-refractivity contribution in [3.63, 3.8) is 0 Å². The first-order chi connectivity index (χ1) is 5.90. The van der Waals surface area contributed by atoms with E-state index in [9.17, 15) is 0 Å². The molecule has 0 saturated carbocycles. The number of rotatable bonds is 1. The van der Waals surface area contributed by atoms with E-state index in [1.807, 2.05) is 18.2 Å². The molecule has 0 spiro atoms. The molecule has 0 saturated heterocycles. The van der Waals surface area contributed by atoms with Gasteiger partial charge in [0.15, 0.2) is 0 Å². The van der Waals surface area contributed by atoms with E-state index in [1.165, 1.54) is 10.8 Å². The molecule has 0 heterocycles. The topological polar surface area (TPSA) is 9.23 Å². The van der Waals surface area contributed by atoms with Crippen molar-refractivity contribution >= 4 is 37.0 Å². The third-order valence-corrected chi connectivity index (χ3v) is 2.76. The van der Waals surface area contributed by atoms with Crippen LogP contribution in [0, 0.1) is 0 Å². The van der Waals surface area contributed by atoms with Gasteiger partial charge in [0.05, 0.1) is 0 Å². The zero-order valence-electron chi connectivity index (χ0n) is 6.45. The number of hydrogen-bond acceptors (Lipinski definition) is 1. The third-order valence-electron chi connectivity index (χ3n) is 1.84. The minimum atomic E-state index is 0.752. The van der Waals surface area contributed by atoms with Crippen LogP contribution >= 0.6 is 0 Å². The summed E-state index contributed by atoms with van der Waals surface area (Å²) in [6, 6.07) is 14.5. The van der Waals surface area contributed by atoms with E-state index < -0.39 is 0 Å². The van der Waals surface area contributed by atoms with Gasteiger partial charge in [-0.2, -0.15) is 0 Å². The van der Waals surface area contributed by atoms with Crippen LogP contribution in [0.5, 0.6) is 5.75 Å². The molecule has 2 aromatic carbocycles. The molecule has 2 heteroatoms. The van der Waals surface area contributed by atoms with Crippen molar-refractivity contribution in [1.29, 1.82) is 0 Å². The Bertz CT molecular complexity index is 398. The zero-order chi connectivity index (χ0) is 8.39. The van der Waals surface area contributed by atoms with Crippen LogP contribution in [0.4, 0.5) is 0 Å². The molecule has 2 rings (SSSR count). The molecule has 12 heavy (non-hydrogen) atoms. The summed E-state index contributed by atoms with van der Waals surface area (Å²) in [6.07, 6.45) is 0. The Morgan fingerprint density at radius 3 is 2.42 bits per heavy atom.